The second-order valence-electron chi connectivity index (χ2n) is 3.55. The fraction of sp³-hybridized carbons (Fsp3) is 0.889. The van der Waals surface area contributed by atoms with Crippen LogP contribution in [0.2, 0.25) is 0 Å². The SMILES string of the molecule is CCNC(=O)C(C(C)C)N(C)C. The molecule has 1 amide bonds. The Labute approximate surface area is 75.1 Å². The second kappa shape index (κ2) is 5.14. The van der Waals surface area contributed by atoms with Crippen LogP contribution < -0.4 is 5.32 Å². The molecule has 0 bridgehead atoms. The van der Waals surface area contributed by atoms with Gasteiger partial charge in [-0.05, 0) is 26.9 Å². The largest absolute Gasteiger partial charge is 0.355 e. The van der Waals surface area contributed by atoms with Gasteiger partial charge in [0.15, 0.2) is 0 Å². The zero-order chi connectivity index (χ0) is 9.72. The first-order valence-electron chi connectivity index (χ1n) is 4.44. The maximum absolute atomic E-state index is 11.5. The Morgan fingerprint density at radius 2 is 1.92 bits per heavy atom. The molecule has 72 valence electrons. The number of nitrogens with one attached hydrogen (secondary N) is 1. The molecule has 0 rings (SSSR count). The summed E-state index contributed by atoms with van der Waals surface area (Å²) in [6.45, 7) is 6.75. The standard InChI is InChI=1S/C9H20N2O/c1-6-10-9(12)8(7(2)3)11(4)5/h7-8H,6H2,1-5H3,(H,10,12). The summed E-state index contributed by atoms with van der Waals surface area (Å²) in [5, 5.41) is 2.83. The fourth-order valence-corrected chi connectivity index (χ4v) is 1.41. The quantitative estimate of drug-likeness (QED) is 0.677. The summed E-state index contributed by atoms with van der Waals surface area (Å²) < 4.78 is 0. The van der Waals surface area contributed by atoms with Gasteiger partial charge in [-0.1, -0.05) is 13.8 Å². The van der Waals surface area contributed by atoms with E-state index in [1.54, 1.807) is 0 Å². The van der Waals surface area contributed by atoms with Crippen molar-refractivity contribution in [1.29, 1.82) is 0 Å². The number of hydrogen-bond donors (Lipinski definition) is 1. The van der Waals surface area contributed by atoms with Crippen molar-refractivity contribution in [2.75, 3.05) is 20.6 Å². The van der Waals surface area contributed by atoms with Gasteiger partial charge in [-0.3, -0.25) is 9.69 Å². The Kier molecular flexibility index (Phi) is 4.90. The minimum atomic E-state index is -0.00931. The van der Waals surface area contributed by atoms with E-state index in [4.69, 9.17) is 0 Å². The van der Waals surface area contributed by atoms with Crippen molar-refractivity contribution in [3.8, 4) is 0 Å². The maximum atomic E-state index is 11.5. The van der Waals surface area contributed by atoms with E-state index >= 15 is 0 Å². The molecule has 0 heterocycles. The van der Waals surface area contributed by atoms with Crippen LogP contribution in [-0.2, 0) is 4.79 Å². The molecule has 0 saturated carbocycles. The van der Waals surface area contributed by atoms with Crippen molar-refractivity contribution in [1.82, 2.24) is 10.2 Å². The third kappa shape index (κ3) is 3.22. The van der Waals surface area contributed by atoms with Crippen LogP contribution in [0, 0.1) is 5.92 Å². The summed E-state index contributed by atoms with van der Waals surface area (Å²) in [6, 6.07) is -0.00931. The Morgan fingerprint density at radius 3 is 2.17 bits per heavy atom. The van der Waals surface area contributed by atoms with E-state index < -0.39 is 0 Å². The van der Waals surface area contributed by atoms with Gasteiger partial charge in [-0.25, -0.2) is 0 Å². The number of amides is 1. The molecule has 0 aromatic carbocycles. The predicted octanol–water partition coefficient (Wildman–Crippen LogP) is 0.709. The van der Waals surface area contributed by atoms with Crippen LogP contribution in [0.4, 0.5) is 0 Å². The molecule has 0 aromatic heterocycles. The Balaban J connectivity index is 4.20. The van der Waals surface area contributed by atoms with E-state index in [1.165, 1.54) is 0 Å². The molecule has 1 N–H and O–H groups in total. The third-order valence-electron chi connectivity index (χ3n) is 1.81. The number of likely N-dealkylation sites (N-methyl/N-ethyl adjacent to an activating group) is 2. The van der Waals surface area contributed by atoms with E-state index in [-0.39, 0.29) is 11.9 Å². The molecule has 0 aromatic rings. The summed E-state index contributed by atoms with van der Waals surface area (Å²) in [5.41, 5.74) is 0. The highest BCUT2D eigenvalue weighted by Crippen LogP contribution is 2.06. The molecule has 0 fully saturated rings. The highest BCUT2D eigenvalue weighted by atomic mass is 16.2. The van der Waals surface area contributed by atoms with E-state index in [0.29, 0.717) is 12.5 Å². The minimum absolute atomic E-state index is 0.00931. The van der Waals surface area contributed by atoms with Crippen molar-refractivity contribution in [3.05, 3.63) is 0 Å². The lowest BCUT2D eigenvalue weighted by Crippen LogP contribution is -2.46. The summed E-state index contributed by atoms with van der Waals surface area (Å²) >= 11 is 0. The van der Waals surface area contributed by atoms with E-state index in [2.05, 4.69) is 19.2 Å². The molecule has 1 atom stereocenters. The Morgan fingerprint density at radius 1 is 1.42 bits per heavy atom. The van der Waals surface area contributed by atoms with Gasteiger partial charge in [0, 0.05) is 6.54 Å². The van der Waals surface area contributed by atoms with Crippen LogP contribution in [-0.4, -0.2) is 37.5 Å². The first kappa shape index (κ1) is 11.4. The summed E-state index contributed by atoms with van der Waals surface area (Å²) in [4.78, 5) is 13.4. The van der Waals surface area contributed by atoms with Gasteiger partial charge in [0.05, 0.1) is 6.04 Å². The van der Waals surface area contributed by atoms with Gasteiger partial charge in [-0.2, -0.15) is 0 Å². The number of carbonyl (C=O) groups is 1. The average molecular weight is 172 g/mol. The van der Waals surface area contributed by atoms with Crippen molar-refractivity contribution in [3.63, 3.8) is 0 Å². The molecule has 3 heteroatoms. The third-order valence-corrected chi connectivity index (χ3v) is 1.81. The summed E-state index contributed by atoms with van der Waals surface area (Å²) in [7, 11) is 3.86. The number of rotatable bonds is 4. The van der Waals surface area contributed by atoms with Crippen LogP contribution in [0.5, 0.6) is 0 Å². The molecule has 12 heavy (non-hydrogen) atoms. The van der Waals surface area contributed by atoms with Crippen molar-refractivity contribution < 1.29 is 4.79 Å². The summed E-state index contributed by atoms with van der Waals surface area (Å²) in [5.74, 6) is 0.476. The average Bonchev–Trinajstić information content (AvgIpc) is 1.85. The number of hydrogen-bond acceptors (Lipinski definition) is 2. The number of carbonyl (C=O) groups excluding carboxylic acids is 1. The minimum Gasteiger partial charge on any atom is -0.355 e. The lowest BCUT2D eigenvalue weighted by atomic mass is 10.0. The van der Waals surface area contributed by atoms with Gasteiger partial charge in [0.1, 0.15) is 0 Å². The van der Waals surface area contributed by atoms with Crippen LogP contribution in [0.1, 0.15) is 20.8 Å². The lowest BCUT2D eigenvalue weighted by Gasteiger charge is -2.26. The lowest BCUT2D eigenvalue weighted by molar-refractivity contribution is -0.126. The van der Waals surface area contributed by atoms with Gasteiger partial charge >= 0.3 is 0 Å². The van der Waals surface area contributed by atoms with Gasteiger partial charge in [0.25, 0.3) is 0 Å². The van der Waals surface area contributed by atoms with Crippen molar-refractivity contribution in [2.24, 2.45) is 5.92 Å². The molecular weight excluding hydrogens is 152 g/mol. The zero-order valence-corrected chi connectivity index (χ0v) is 8.72. The zero-order valence-electron chi connectivity index (χ0n) is 8.72. The van der Waals surface area contributed by atoms with Gasteiger partial charge in [0.2, 0.25) is 5.91 Å². The summed E-state index contributed by atoms with van der Waals surface area (Å²) in [6.07, 6.45) is 0. The number of nitrogens with zero attached hydrogens (tertiary/aromatic N) is 1. The highest BCUT2D eigenvalue weighted by molar-refractivity contribution is 5.81. The normalized spacial score (nSPS) is 13.6. The van der Waals surface area contributed by atoms with Gasteiger partial charge in [-0.15, -0.1) is 0 Å². The molecule has 0 aliphatic carbocycles. The molecule has 0 aliphatic rings. The highest BCUT2D eigenvalue weighted by Gasteiger charge is 2.22. The van der Waals surface area contributed by atoms with Crippen molar-refractivity contribution >= 4 is 5.91 Å². The van der Waals surface area contributed by atoms with Crippen molar-refractivity contribution in [2.45, 2.75) is 26.8 Å². The Hall–Kier alpha value is -0.570. The smallest absolute Gasteiger partial charge is 0.237 e. The van der Waals surface area contributed by atoms with Crippen LogP contribution in [0.15, 0.2) is 0 Å². The fourth-order valence-electron chi connectivity index (χ4n) is 1.41. The second-order valence-corrected chi connectivity index (χ2v) is 3.55. The van der Waals surface area contributed by atoms with Crippen LogP contribution >= 0.6 is 0 Å². The molecule has 0 aliphatic heterocycles. The molecule has 3 nitrogen and oxygen atoms in total. The Bertz CT molecular complexity index is 135. The molecule has 1 unspecified atom stereocenters. The topological polar surface area (TPSA) is 32.3 Å². The van der Waals surface area contributed by atoms with E-state index in [9.17, 15) is 4.79 Å². The molecule has 0 radical (unpaired) electrons. The first-order chi connectivity index (χ1) is 5.50. The first-order valence-corrected chi connectivity index (χ1v) is 4.44. The predicted molar refractivity (Wildman–Crippen MR) is 51.0 cm³/mol. The van der Waals surface area contributed by atoms with E-state index in [0.717, 1.165) is 0 Å². The van der Waals surface area contributed by atoms with Gasteiger partial charge < -0.3 is 5.32 Å². The van der Waals surface area contributed by atoms with E-state index in [1.807, 2.05) is 25.9 Å². The van der Waals surface area contributed by atoms with Crippen LogP contribution in [0.3, 0.4) is 0 Å². The maximum Gasteiger partial charge on any atom is 0.237 e. The molecular formula is C9H20N2O. The molecule has 0 spiro atoms. The molecule has 0 saturated heterocycles. The van der Waals surface area contributed by atoms with Crippen LogP contribution in [0.25, 0.3) is 0 Å². The monoisotopic (exact) mass is 172 g/mol.